The Labute approximate surface area is 88.1 Å². The van der Waals surface area contributed by atoms with E-state index in [4.69, 9.17) is 10.8 Å². The van der Waals surface area contributed by atoms with Crippen molar-refractivity contribution in [2.45, 2.75) is 19.0 Å². The number of aryl methyl sites for hydroxylation is 1. The lowest BCUT2D eigenvalue weighted by Gasteiger charge is -2.06. The Kier molecular flexibility index (Phi) is 3.22. The third-order valence-electron chi connectivity index (χ3n) is 1.93. The van der Waals surface area contributed by atoms with Crippen molar-refractivity contribution in [1.29, 1.82) is 0 Å². The van der Waals surface area contributed by atoms with E-state index >= 15 is 0 Å². The number of oxazole rings is 1. The first-order valence-electron chi connectivity index (χ1n) is 4.24. The van der Waals surface area contributed by atoms with E-state index in [1.807, 2.05) is 0 Å². The van der Waals surface area contributed by atoms with E-state index in [1.165, 1.54) is 6.92 Å². The van der Waals surface area contributed by atoms with Gasteiger partial charge in [-0.2, -0.15) is 13.2 Å². The number of carbonyl (C=O) groups is 1. The van der Waals surface area contributed by atoms with Crippen molar-refractivity contribution >= 4 is 5.97 Å². The average Bonchev–Trinajstić information content (AvgIpc) is 2.48. The maximum absolute atomic E-state index is 12.2. The highest BCUT2D eigenvalue weighted by atomic mass is 19.4. The molecular formula is C8H9F3N2O3. The van der Waals surface area contributed by atoms with Crippen LogP contribution in [0.5, 0.6) is 0 Å². The van der Waals surface area contributed by atoms with Crippen LogP contribution in [-0.2, 0) is 11.0 Å². The van der Waals surface area contributed by atoms with Crippen LogP contribution in [0.2, 0.25) is 0 Å². The number of hydrogen-bond acceptors (Lipinski definition) is 4. The lowest BCUT2D eigenvalue weighted by atomic mass is 10.1. The number of rotatable bonds is 3. The Hall–Kier alpha value is -1.57. The zero-order valence-corrected chi connectivity index (χ0v) is 8.21. The summed E-state index contributed by atoms with van der Waals surface area (Å²) in [5.74, 6) is -4.49. The van der Waals surface area contributed by atoms with Crippen molar-refractivity contribution in [1.82, 2.24) is 4.98 Å². The van der Waals surface area contributed by atoms with Crippen molar-refractivity contribution < 1.29 is 27.5 Å². The van der Waals surface area contributed by atoms with Crippen LogP contribution in [0.25, 0.3) is 0 Å². The summed E-state index contributed by atoms with van der Waals surface area (Å²) in [5.41, 5.74) is 5.02. The molecule has 1 aromatic heterocycles. The van der Waals surface area contributed by atoms with Gasteiger partial charge in [0.25, 0.3) is 0 Å². The summed E-state index contributed by atoms with van der Waals surface area (Å²) < 4.78 is 41.0. The van der Waals surface area contributed by atoms with Crippen LogP contribution in [0.4, 0.5) is 13.2 Å². The third kappa shape index (κ3) is 2.32. The molecule has 3 N–H and O–H groups in total. The molecule has 0 aliphatic heterocycles. The molecule has 0 aliphatic carbocycles. The first kappa shape index (κ1) is 12.5. The van der Waals surface area contributed by atoms with Gasteiger partial charge in [0, 0.05) is 6.54 Å². The van der Waals surface area contributed by atoms with Gasteiger partial charge in [-0.05, 0) is 6.92 Å². The van der Waals surface area contributed by atoms with Gasteiger partial charge in [0.15, 0.2) is 0 Å². The van der Waals surface area contributed by atoms with Gasteiger partial charge < -0.3 is 15.3 Å². The van der Waals surface area contributed by atoms with Gasteiger partial charge in [0.1, 0.15) is 11.7 Å². The third-order valence-corrected chi connectivity index (χ3v) is 1.93. The second-order valence-corrected chi connectivity index (χ2v) is 3.09. The zero-order valence-electron chi connectivity index (χ0n) is 8.21. The Morgan fingerprint density at radius 3 is 2.50 bits per heavy atom. The molecule has 0 spiro atoms. The van der Waals surface area contributed by atoms with Crippen molar-refractivity contribution in [2.24, 2.45) is 5.73 Å². The lowest BCUT2D eigenvalue weighted by Crippen LogP contribution is -2.21. The smallest absolute Gasteiger partial charge is 0.468 e. The number of nitrogens with zero attached hydrogens (tertiary/aromatic N) is 1. The van der Waals surface area contributed by atoms with E-state index in [1.54, 1.807) is 0 Å². The summed E-state index contributed by atoms with van der Waals surface area (Å²) in [6, 6.07) is 0. The molecule has 1 heterocycles. The Balaban J connectivity index is 3.15. The summed E-state index contributed by atoms with van der Waals surface area (Å²) in [6.45, 7) is 0.877. The minimum Gasteiger partial charge on any atom is -0.481 e. The fourth-order valence-corrected chi connectivity index (χ4v) is 1.17. The topological polar surface area (TPSA) is 89.4 Å². The van der Waals surface area contributed by atoms with Crippen LogP contribution in [-0.4, -0.2) is 22.6 Å². The maximum Gasteiger partial charge on any atom is 0.468 e. The van der Waals surface area contributed by atoms with Crippen LogP contribution in [0, 0.1) is 6.92 Å². The van der Waals surface area contributed by atoms with Crippen LogP contribution >= 0.6 is 0 Å². The molecule has 1 unspecified atom stereocenters. The number of halogens is 3. The van der Waals surface area contributed by atoms with E-state index < -0.39 is 24.0 Å². The van der Waals surface area contributed by atoms with Gasteiger partial charge in [0.2, 0.25) is 0 Å². The van der Waals surface area contributed by atoms with E-state index in [0.717, 1.165) is 0 Å². The lowest BCUT2D eigenvalue weighted by molar-refractivity contribution is -0.158. The van der Waals surface area contributed by atoms with Crippen LogP contribution in [0.1, 0.15) is 23.3 Å². The molecule has 1 aromatic rings. The minimum atomic E-state index is -4.74. The summed E-state index contributed by atoms with van der Waals surface area (Å²) in [6.07, 6.45) is -4.74. The van der Waals surface area contributed by atoms with E-state index in [9.17, 15) is 18.0 Å². The fourth-order valence-electron chi connectivity index (χ4n) is 1.17. The second-order valence-electron chi connectivity index (χ2n) is 3.09. The summed E-state index contributed by atoms with van der Waals surface area (Å²) in [5, 5.41) is 8.71. The molecule has 0 fully saturated rings. The number of carboxylic acids is 1. The number of carboxylic acid groups (broad SMARTS) is 1. The van der Waals surface area contributed by atoms with E-state index in [-0.39, 0.29) is 18.0 Å². The van der Waals surface area contributed by atoms with E-state index in [0.29, 0.717) is 0 Å². The van der Waals surface area contributed by atoms with Crippen molar-refractivity contribution in [3.8, 4) is 0 Å². The van der Waals surface area contributed by atoms with Crippen LogP contribution < -0.4 is 5.73 Å². The van der Waals surface area contributed by atoms with Gasteiger partial charge in [0.05, 0.1) is 5.69 Å². The monoisotopic (exact) mass is 238 g/mol. The number of aliphatic carboxylic acids is 1. The summed E-state index contributed by atoms with van der Waals surface area (Å²) in [4.78, 5) is 13.8. The zero-order chi connectivity index (χ0) is 12.5. The van der Waals surface area contributed by atoms with Crippen molar-refractivity contribution in [3.05, 3.63) is 17.3 Å². The van der Waals surface area contributed by atoms with Gasteiger partial charge in [-0.25, -0.2) is 4.98 Å². The van der Waals surface area contributed by atoms with Gasteiger partial charge in [-0.1, -0.05) is 0 Å². The van der Waals surface area contributed by atoms with Gasteiger partial charge in [-0.15, -0.1) is 0 Å². The molecule has 0 aliphatic rings. The maximum atomic E-state index is 12.2. The number of alkyl halides is 3. The van der Waals surface area contributed by atoms with Gasteiger partial charge in [-0.3, -0.25) is 4.79 Å². The molecule has 16 heavy (non-hydrogen) atoms. The normalized spacial score (nSPS) is 13.8. The SMILES string of the molecule is Cc1nc(C(F)(F)F)oc1C(CN)C(=O)O. The largest absolute Gasteiger partial charge is 0.481 e. The Morgan fingerprint density at radius 2 is 2.19 bits per heavy atom. The number of hydrogen-bond donors (Lipinski definition) is 2. The standard InChI is InChI=1S/C8H9F3N2O3/c1-3-5(4(2-12)6(14)15)16-7(13-3)8(9,10)11/h4H,2,12H2,1H3,(H,14,15). The van der Waals surface area contributed by atoms with Crippen LogP contribution in [0.3, 0.4) is 0 Å². The first-order chi connectivity index (χ1) is 7.27. The first-order valence-corrected chi connectivity index (χ1v) is 4.24. The highest BCUT2D eigenvalue weighted by Crippen LogP contribution is 2.32. The predicted molar refractivity (Wildman–Crippen MR) is 45.7 cm³/mol. The molecule has 5 nitrogen and oxygen atoms in total. The quantitative estimate of drug-likeness (QED) is 0.823. The number of aromatic nitrogens is 1. The Morgan fingerprint density at radius 1 is 1.62 bits per heavy atom. The number of nitrogens with two attached hydrogens (primary N) is 1. The molecule has 1 atom stereocenters. The second kappa shape index (κ2) is 4.12. The molecule has 8 heteroatoms. The fraction of sp³-hybridized carbons (Fsp3) is 0.500. The van der Waals surface area contributed by atoms with Crippen molar-refractivity contribution in [2.75, 3.05) is 6.54 Å². The molecule has 1 rings (SSSR count). The molecule has 90 valence electrons. The molecule has 0 bridgehead atoms. The molecule has 0 aromatic carbocycles. The molecular weight excluding hydrogens is 229 g/mol. The van der Waals surface area contributed by atoms with E-state index in [2.05, 4.69) is 9.40 Å². The molecule has 0 saturated carbocycles. The average molecular weight is 238 g/mol. The minimum absolute atomic E-state index is 0.120. The molecule has 0 amide bonds. The molecule has 0 saturated heterocycles. The predicted octanol–water partition coefficient (Wildman–Crippen LogP) is 1.13. The summed E-state index contributed by atoms with van der Waals surface area (Å²) >= 11 is 0. The molecule has 0 radical (unpaired) electrons. The van der Waals surface area contributed by atoms with Gasteiger partial charge >= 0.3 is 18.0 Å². The van der Waals surface area contributed by atoms with Crippen molar-refractivity contribution in [3.63, 3.8) is 0 Å². The highest BCUT2D eigenvalue weighted by molar-refractivity contribution is 5.75. The van der Waals surface area contributed by atoms with Crippen LogP contribution in [0.15, 0.2) is 4.42 Å². The highest BCUT2D eigenvalue weighted by Gasteiger charge is 2.39. The summed E-state index contributed by atoms with van der Waals surface area (Å²) in [7, 11) is 0. The Bertz CT molecular complexity index is 400.